The number of aromatic nitrogens is 2. The molecule has 0 atom stereocenters. The number of benzene rings is 3. The second-order valence-electron chi connectivity index (χ2n) is 12.2. The Hall–Kier alpha value is -3.50. The quantitative estimate of drug-likeness (QED) is 0.108. The number of ether oxygens (including phenoxy) is 1. The second-order valence-corrected chi connectivity index (χ2v) is 12.2. The molecular formula is C41H56N2O2. The summed E-state index contributed by atoms with van der Waals surface area (Å²) in [6.07, 6.45) is 21.5. The lowest BCUT2D eigenvalue weighted by atomic mass is 10.1. The molecule has 1 heterocycles. The van der Waals surface area contributed by atoms with Crippen molar-refractivity contribution in [3.8, 4) is 17.1 Å². The Bertz CT molecular complexity index is 1230. The van der Waals surface area contributed by atoms with E-state index in [1.54, 1.807) is 12.1 Å². The van der Waals surface area contributed by atoms with Gasteiger partial charge in [0.2, 0.25) is 0 Å². The van der Waals surface area contributed by atoms with Crippen molar-refractivity contribution in [3.63, 3.8) is 0 Å². The molecule has 3 aromatic carbocycles. The molecule has 0 aliphatic heterocycles. The van der Waals surface area contributed by atoms with Crippen LogP contribution < -0.4 is 0 Å². The van der Waals surface area contributed by atoms with Gasteiger partial charge in [-0.25, -0.2) is 9.97 Å². The summed E-state index contributed by atoms with van der Waals surface area (Å²) in [5.41, 5.74) is 7.53. The lowest BCUT2D eigenvalue weighted by Crippen LogP contribution is -1.95. The zero-order valence-corrected chi connectivity index (χ0v) is 28.1. The molecule has 0 amide bonds. The van der Waals surface area contributed by atoms with Gasteiger partial charge in [-0.3, -0.25) is 0 Å². The molecule has 0 aliphatic rings. The maximum Gasteiger partial charge on any atom is 0.159 e. The van der Waals surface area contributed by atoms with E-state index in [1.807, 2.05) is 24.5 Å². The number of aryl methyl sites for hydroxylation is 3. The molecule has 242 valence electrons. The van der Waals surface area contributed by atoms with E-state index in [0.29, 0.717) is 19.0 Å². The van der Waals surface area contributed by atoms with Crippen LogP contribution in [0.5, 0.6) is 5.75 Å². The third-order valence-corrected chi connectivity index (χ3v) is 8.12. The fraction of sp³-hybridized carbons (Fsp3) is 0.463. The maximum absolute atomic E-state index is 9.27. The number of nitrogens with zero attached hydrogens (tertiary/aromatic N) is 2. The van der Waals surface area contributed by atoms with Crippen LogP contribution in [-0.2, 0) is 37.2 Å². The van der Waals surface area contributed by atoms with Gasteiger partial charge in [-0.15, -0.1) is 0 Å². The molecule has 0 spiro atoms. The first-order chi connectivity index (χ1) is 22.1. The van der Waals surface area contributed by atoms with Crippen molar-refractivity contribution in [2.24, 2.45) is 0 Å². The van der Waals surface area contributed by atoms with Crippen LogP contribution in [0.2, 0.25) is 0 Å². The van der Waals surface area contributed by atoms with Gasteiger partial charge in [-0.1, -0.05) is 121 Å². The van der Waals surface area contributed by atoms with E-state index in [4.69, 9.17) is 4.74 Å². The molecule has 1 aromatic heterocycles. The largest absolute Gasteiger partial charge is 0.508 e. The topological polar surface area (TPSA) is 55.2 Å². The first kappa shape index (κ1) is 36.0. The van der Waals surface area contributed by atoms with Gasteiger partial charge in [0.15, 0.2) is 5.82 Å². The zero-order chi connectivity index (χ0) is 32.0. The van der Waals surface area contributed by atoms with E-state index in [0.717, 1.165) is 12.0 Å². The van der Waals surface area contributed by atoms with Crippen molar-refractivity contribution in [1.29, 1.82) is 0 Å². The molecule has 4 rings (SSSR count). The Morgan fingerprint density at radius 2 is 0.867 bits per heavy atom. The Morgan fingerprint density at radius 1 is 0.467 bits per heavy atom. The van der Waals surface area contributed by atoms with E-state index in [9.17, 15) is 5.11 Å². The van der Waals surface area contributed by atoms with Crippen LogP contribution in [-0.4, -0.2) is 15.1 Å². The summed E-state index contributed by atoms with van der Waals surface area (Å²) in [5, 5.41) is 9.27. The predicted molar refractivity (Wildman–Crippen MR) is 189 cm³/mol. The second kappa shape index (κ2) is 22.1. The summed E-state index contributed by atoms with van der Waals surface area (Å²) in [6, 6.07) is 24.8. The molecule has 0 saturated heterocycles. The fourth-order valence-corrected chi connectivity index (χ4v) is 5.23. The maximum atomic E-state index is 9.27. The van der Waals surface area contributed by atoms with Crippen molar-refractivity contribution < 1.29 is 9.84 Å². The van der Waals surface area contributed by atoms with Gasteiger partial charge in [-0.05, 0) is 90.6 Å². The van der Waals surface area contributed by atoms with Gasteiger partial charge in [-0.2, -0.15) is 0 Å². The van der Waals surface area contributed by atoms with Crippen LogP contribution in [0.15, 0.2) is 85.2 Å². The van der Waals surface area contributed by atoms with Crippen LogP contribution in [0.4, 0.5) is 0 Å². The summed E-state index contributed by atoms with van der Waals surface area (Å²) in [7, 11) is 0. The monoisotopic (exact) mass is 608 g/mol. The Kier molecular flexibility index (Phi) is 17.6. The molecule has 0 aliphatic carbocycles. The predicted octanol–water partition coefficient (Wildman–Crippen LogP) is 11.2. The molecule has 4 nitrogen and oxygen atoms in total. The van der Waals surface area contributed by atoms with Crippen molar-refractivity contribution in [2.45, 2.75) is 124 Å². The first-order valence-corrected chi connectivity index (χ1v) is 17.4. The molecule has 4 aromatic rings. The number of unbranched alkanes of at least 4 members (excludes halogenated alkanes) is 8. The van der Waals surface area contributed by atoms with Gasteiger partial charge >= 0.3 is 0 Å². The van der Waals surface area contributed by atoms with Crippen LogP contribution in [0, 0.1) is 0 Å². The molecule has 1 N–H and O–H groups in total. The molecule has 0 unspecified atom stereocenters. The smallest absolute Gasteiger partial charge is 0.159 e. The minimum Gasteiger partial charge on any atom is -0.508 e. The molecule has 4 heteroatoms. The number of aromatic hydroxyl groups is 1. The summed E-state index contributed by atoms with van der Waals surface area (Å²) in [4.78, 5) is 8.80. The van der Waals surface area contributed by atoms with Gasteiger partial charge in [0, 0.05) is 18.0 Å². The minimum absolute atomic E-state index is 0.262. The molecule has 0 bridgehead atoms. The summed E-state index contributed by atoms with van der Waals surface area (Å²) in [6.45, 7) is 8.11. The van der Waals surface area contributed by atoms with Crippen molar-refractivity contribution >= 4 is 0 Å². The third kappa shape index (κ3) is 14.9. The minimum atomic E-state index is 0.262. The standard InChI is InChI=1S/C24H34O.C17H22N2O/c1-3-5-7-9-21-11-15-23(16-12-21)19-25-20-24-17-13-22(14-18-24)10-8-6-4-2;1-2-3-4-5-6-7-14-12-18-17(19-13-14)15-8-10-16(20)11-9-15/h11-18H,3-10,19-20H2,1-2H3;8-13,20H,2-7H2,1H3. The number of phenols is 1. The fourth-order valence-electron chi connectivity index (χ4n) is 5.23. The third-order valence-electron chi connectivity index (χ3n) is 8.12. The highest BCUT2D eigenvalue weighted by Gasteiger charge is 2.02. The summed E-state index contributed by atoms with van der Waals surface area (Å²) < 4.78 is 5.88. The zero-order valence-electron chi connectivity index (χ0n) is 28.1. The Labute approximate surface area is 273 Å². The number of phenolic OH excluding ortho intramolecular Hbond substituents is 1. The van der Waals surface area contributed by atoms with E-state index in [1.165, 1.54) is 111 Å². The Balaban J connectivity index is 0.000000251. The molecular weight excluding hydrogens is 552 g/mol. The number of hydrogen-bond donors (Lipinski definition) is 1. The highest BCUT2D eigenvalue weighted by atomic mass is 16.5. The molecule has 0 fully saturated rings. The van der Waals surface area contributed by atoms with E-state index in [-0.39, 0.29) is 5.75 Å². The van der Waals surface area contributed by atoms with Crippen LogP contribution in [0.1, 0.15) is 119 Å². The van der Waals surface area contributed by atoms with E-state index in [2.05, 4.69) is 79.3 Å². The average Bonchev–Trinajstić information content (AvgIpc) is 3.07. The normalized spacial score (nSPS) is 10.8. The van der Waals surface area contributed by atoms with E-state index >= 15 is 0 Å². The SMILES string of the molecule is CCCCCCCc1cnc(-c2ccc(O)cc2)nc1.CCCCCc1ccc(COCc2ccc(CCCCC)cc2)cc1. The highest BCUT2D eigenvalue weighted by Crippen LogP contribution is 2.19. The van der Waals surface area contributed by atoms with Crippen molar-refractivity contribution in [3.05, 3.63) is 113 Å². The highest BCUT2D eigenvalue weighted by molar-refractivity contribution is 5.55. The molecule has 0 saturated carbocycles. The van der Waals surface area contributed by atoms with E-state index < -0.39 is 0 Å². The first-order valence-electron chi connectivity index (χ1n) is 17.4. The average molecular weight is 609 g/mol. The summed E-state index contributed by atoms with van der Waals surface area (Å²) >= 11 is 0. The Morgan fingerprint density at radius 3 is 1.36 bits per heavy atom. The van der Waals surface area contributed by atoms with Crippen molar-refractivity contribution in [2.75, 3.05) is 0 Å². The van der Waals surface area contributed by atoms with Crippen LogP contribution >= 0.6 is 0 Å². The summed E-state index contributed by atoms with van der Waals surface area (Å²) in [5.74, 6) is 0.970. The number of hydrogen-bond acceptors (Lipinski definition) is 4. The van der Waals surface area contributed by atoms with Crippen LogP contribution in [0.3, 0.4) is 0 Å². The van der Waals surface area contributed by atoms with Gasteiger partial charge in [0.25, 0.3) is 0 Å². The lowest BCUT2D eigenvalue weighted by Gasteiger charge is -2.07. The van der Waals surface area contributed by atoms with Gasteiger partial charge in [0.1, 0.15) is 5.75 Å². The molecule has 45 heavy (non-hydrogen) atoms. The van der Waals surface area contributed by atoms with Gasteiger partial charge in [0.05, 0.1) is 13.2 Å². The molecule has 0 radical (unpaired) electrons. The number of rotatable bonds is 19. The van der Waals surface area contributed by atoms with Crippen molar-refractivity contribution in [1.82, 2.24) is 9.97 Å². The van der Waals surface area contributed by atoms with Gasteiger partial charge < -0.3 is 9.84 Å². The van der Waals surface area contributed by atoms with Crippen LogP contribution in [0.25, 0.3) is 11.4 Å². The lowest BCUT2D eigenvalue weighted by molar-refractivity contribution is 0.107.